The molecule has 1 aromatic heterocycles. The van der Waals surface area contributed by atoms with Gasteiger partial charge in [0, 0.05) is 19.1 Å². The molecule has 2 aliphatic heterocycles. The van der Waals surface area contributed by atoms with Crippen LogP contribution in [0.3, 0.4) is 0 Å². The second-order valence-corrected chi connectivity index (χ2v) is 8.17. The van der Waals surface area contributed by atoms with Gasteiger partial charge in [-0.15, -0.1) is 10.2 Å². The Balaban J connectivity index is 1.50. The van der Waals surface area contributed by atoms with Crippen molar-refractivity contribution in [1.82, 2.24) is 20.0 Å². The van der Waals surface area contributed by atoms with E-state index in [-0.39, 0.29) is 5.91 Å². The van der Waals surface area contributed by atoms with Crippen molar-refractivity contribution in [3.8, 4) is 0 Å². The molecule has 1 amide bonds. The molecule has 2 fully saturated rings. The number of nitrogens with zero attached hydrogens (tertiary/aromatic N) is 4. The average Bonchev–Trinajstić information content (AvgIpc) is 3.19. The SMILES string of the molecule is Cc1nnc(SCC(=O)N2CCC[C@H]2CN2CCCC2)s1. The number of carbonyl (C=O) groups excluding carboxylic acids is 1. The molecular formula is C14H22N4OS2. The fourth-order valence-electron chi connectivity index (χ4n) is 3.16. The summed E-state index contributed by atoms with van der Waals surface area (Å²) in [6.45, 7) is 6.34. The molecule has 3 rings (SSSR count). The Kier molecular flexibility index (Phi) is 5.13. The van der Waals surface area contributed by atoms with Crippen LogP contribution in [0.5, 0.6) is 0 Å². The predicted octanol–water partition coefficient (Wildman–Crippen LogP) is 2.03. The van der Waals surface area contributed by atoms with Gasteiger partial charge in [0.05, 0.1) is 5.75 Å². The quantitative estimate of drug-likeness (QED) is 0.775. The number of rotatable bonds is 5. The maximum absolute atomic E-state index is 12.5. The zero-order valence-corrected chi connectivity index (χ0v) is 14.1. The summed E-state index contributed by atoms with van der Waals surface area (Å²) in [6.07, 6.45) is 4.93. The van der Waals surface area contributed by atoms with Gasteiger partial charge in [0.2, 0.25) is 5.91 Å². The lowest BCUT2D eigenvalue weighted by Crippen LogP contribution is -2.43. The van der Waals surface area contributed by atoms with Gasteiger partial charge >= 0.3 is 0 Å². The predicted molar refractivity (Wildman–Crippen MR) is 85.8 cm³/mol. The molecule has 2 aliphatic rings. The van der Waals surface area contributed by atoms with Gasteiger partial charge in [-0.25, -0.2) is 0 Å². The monoisotopic (exact) mass is 326 g/mol. The lowest BCUT2D eigenvalue weighted by molar-refractivity contribution is -0.129. The highest BCUT2D eigenvalue weighted by Crippen LogP contribution is 2.25. The number of hydrogen-bond acceptors (Lipinski definition) is 6. The molecule has 7 heteroatoms. The number of aryl methyl sites for hydroxylation is 1. The summed E-state index contributed by atoms with van der Waals surface area (Å²) in [5.41, 5.74) is 0. The number of aromatic nitrogens is 2. The molecule has 21 heavy (non-hydrogen) atoms. The highest BCUT2D eigenvalue weighted by molar-refractivity contribution is 8.01. The van der Waals surface area contributed by atoms with E-state index in [1.165, 1.54) is 37.7 Å². The van der Waals surface area contributed by atoms with Crippen LogP contribution in [0.4, 0.5) is 0 Å². The van der Waals surface area contributed by atoms with Crippen molar-refractivity contribution in [2.45, 2.75) is 43.0 Å². The first kappa shape index (κ1) is 15.2. The number of thioether (sulfide) groups is 1. The van der Waals surface area contributed by atoms with Crippen molar-refractivity contribution < 1.29 is 4.79 Å². The zero-order valence-electron chi connectivity index (χ0n) is 12.5. The summed E-state index contributed by atoms with van der Waals surface area (Å²) in [5.74, 6) is 0.750. The van der Waals surface area contributed by atoms with Crippen LogP contribution >= 0.6 is 23.1 Å². The summed E-state index contributed by atoms with van der Waals surface area (Å²) in [5, 5.41) is 9.02. The Labute approximate surface area is 134 Å². The van der Waals surface area contributed by atoms with Crippen molar-refractivity contribution in [3.63, 3.8) is 0 Å². The molecule has 1 aromatic rings. The number of amides is 1. The van der Waals surface area contributed by atoms with Gasteiger partial charge in [0.1, 0.15) is 5.01 Å². The maximum Gasteiger partial charge on any atom is 0.233 e. The van der Waals surface area contributed by atoms with Crippen LogP contribution < -0.4 is 0 Å². The molecule has 5 nitrogen and oxygen atoms in total. The Morgan fingerprint density at radius 1 is 1.29 bits per heavy atom. The van der Waals surface area contributed by atoms with Crippen molar-refractivity contribution in [3.05, 3.63) is 5.01 Å². The Hall–Kier alpha value is -0.660. The van der Waals surface area contributed by atoms with E-state index in [1.54, 1.807) is 11.3 Å². The molecule has 3 heterocycles. The van der Waals surface area contributed by atoms with E-state index in [0.29, 0.717) is 11.8 Å². The minimum Gasteiger partial charge on any atom is -0.338 e. The van der Waals surface area contributed by atoms with Crippen LogP contribution in [0.25, 0.3) is 0 Å². The fourth-order valence-corrected chi connectivity index (χ4v) is 4.86. The van der Waals surface area contributed by atoms with Crippen molar-refractivity contribution in [2.24, 2.45) is 0 Å². The zero-order chi connectivity index (χ0) is 14.7. The van der Waals surface area contributed by atoms with E-state index >= 15 is 0 Å². The van der Waals surface area contributed by atoms with E-state index in [4.69, 9.17) is 0 Å². The molecule has 0 unspecified atom stereocenters. The molecule has 0 aromatic carbocycles. The van der Waals surface area contributed by atoms with Crippen LogP contribution in [0.1, 0.15) is 30.7 Å². The summed E-state index contributed by atoms with van der Waals surface area (Å²) < 4.78 is 0.899. The molecule has 116 valence electrons. The number of carbonyl (C=O) groups is 1. The lowest BCUT2D eigenvalue weighted by atomic mass is 10.2. The highest BCUT2D eigenvalue weighted by atomic mass is 32.2. The highest BCUT2D eigenvalue weighted by Gasteiger charge is 2.30. The van der Waals surface area contributed by atoms with E-state index < -0.39 is 0 Å². The lowest BCUT2D eigenvalue weighted by Gasteiger charge is -2.28. The molecule has 2 saturated heterocycles. The number of hydrogen-bond donors (Lipinski definition) is 0. The largest absolute Gasteiger partial charge is 0.338 e. The minimum atomic E-state index is 0.259. The van der Waals surface area contributed by atoms with E-state index in [0.717, 1.165) is 35.3 Å². The van der Waals surface area contributed by atoms with Gasteiger partial charge in [-0.1, -0.05) is 23.1 Å². The van der Waals surface area contributed by atoms with Crippen LogP contribution in [-0.4, -0.2) is 63.9 Å². The average molecular weight is 326 g/mol. The van der Waals surface area contributed by atoms with Gasteiger partial charge in [0.25, 0.3) is 0 Å². The second-order valence-electron chi connectivity index (χ2n) is 5.77. The van der Waals surface area contributed by atoms with Crippen molar-refractivity contribution in [1.29, 1.82) is 0 Å². The maximum atomic E-state index is 12.5. The van der Waals surface area contributed by atoms with E-state index in [2.05, 4.69) is 20.0 Å². The van der Waals surface area contributed by atoms with Gasteiger partial charge in [0.15, 0.2) is 4.34 Å². The van der Waals surface area contributed by atoms with Crippen molar-refractivity contribution >= 4 is 29.0 Å². The summed E-state index contributed by atoms with van der Waals surface area (Å²) in [6, 6.07) is 0.423. The van der Waals surface area contributed by atoms with Gasteiger partial charge < -0.3 is 9.80 Å². The van der Waals surface area contributed by atoms with E-state index in [1.807, 2.05) is 6.92 Å². The molecule has 1 atom stereocenters. The van der Waals surface area contributed by atoms with Gasteiger partial charge in [-0.05, 0) is 45.7 Å². The normalized spacial score (nSPS) is 23.1. The Morgan fingerprint density at radius 3 is 2.81 bits per heavy atom. The third kappa shape index (κ3) is 3.96. The molecule has 0 radical (unpaired) electrons. The third-order valence-electron chi connectivity index (χ3n) is 4.19. The molecule has 0 bridgehead atoms. The van der Waals surface area contributed by atoms with E-state index in [9.17, 15) is 4.79 Å². The van der Waals surface area contributed by atoms with Gasteiger partial charge in [-0.2, -0.15) is 0 Å². The topological polar surface area (TPSA) is 49.3 Å². The first-order valence-electron chi connectivity index (χ1n) is 7.67. The van der Waals surface area contributed by atoms with Crippen molar-refractivity contribution in [2.75, 3.05) is 31.9 Å². The first-order chi connectivity index (χ1) is 10.2. The summed E-state index contributed by atoms with van der Waals surface area (Å²) in [7, 11) is 0. The van der Waals surface area contributed by atoms with Crippen LogP contribution in [0, 0.1) is 6.92 Å². The first-order valence-corrected chi connectivity index (χ1v) is 9.47. The summed E-state index contributed by atoms with van der Waals surface area (Å²) >= 11 is 3.08. The standard InChI is InChI=1S/C14H22N4OS2/c1-11-15-16-14(21-11)20-10-13(19)18-8-4-5-12(18)9-17-6-2-3-7-17/h12H,2-10H2,1H3/t12-/m0/s1. The van der Waals surface area contributed by atoms with Crippen LogP contribution in [-0.2, 0) is 4.79 Å². The molecule has 0 saturated carbocycles. The number of likely N-dealkylation sites (tertiary alicyclic amines) is 2. The summed E-state index contributed by atoms with van der Waals surface area (Å²) in [4.78, 5) is 17.1. The molecular weight excluding hydrogens is 304 g/mol. The smallest absolute Gasteiger partial charge is 0.233 e. The molecule has 0 spiro atoms. The third-order valence-corrected chi connectivity index (χ3v) is 6.15. The Bertz CT molecular complexity index is 487. The fraction of sp³-hybridized carbons (Fsp3) is 0.786. The van der Waals surface area contributed by atoms with Gasteiger partial charge in [-0.3, -0.25) is 4.79 Å². The second kappa shape index (κ2) is 7.07. The molecule has 0 aliphatic carbocycles. The van der Waals surface area contributed by atoms with Crippen LogP contribution in [0.2, 0.25) is 0 Å². The Morgan fingerprint density at radius 2 is 2.10 bits per heavy atom. The molecule has 0 N–H and O–H groups in total. The minimum absolute atomic E-state index is 0.259. The van der Waals surface area contributed by atoms with Crippen LogP contribution in [0.15, 0.2) is 4.34 Å².